The number of hydrogen-bond acceptors (Lipinski definition) is 5. The third-order valence-corrected chi connectivity index (χ3v) is 2.81. The van der Waals surface area contributed by atoms with E-state index in [4.69, 9.17) is 10.5 Å². The predicted molar refractivity (Wildman–Crippen MR) is 57.1 cm³/mol. The van der Waals surface area contributed by atoms with Gasteiger partial charge in [-0.1, -0.05) is 0 Å². The maximum absolute atomic E-state index is 10.8. The van der Waals surface area contributed by atoms with Crippen LogP contribution < -0.4 is 5.73 Å². The van der Waals surface area contributed by atoms with Gasteiger partial charge >= 0.3 is 5.69 Å². The van der Waals surface area contributed by atoms with Crippen molar-refractivity contribution in [3.63, 3.8) is 0 Å². The minimum atomic E-state index is -0.479. The number of nitrogens with zero attached hydrogens (tertiary/aromatic N) is 3. The van der Waals surface area contributed by atoms with Gasteiger partial charge in [0.1, 0.15) is 5.69 Å². The topological polar surface area (TPSA) is 96.2 Å². The molecule has 7 nitrogen and oxygen atoms in total. The lowest BCUT2D eigenvalue weighted by Crippen LogP contribution is -2.21. The van der Waals surface area contributed by atoms with Crippen molar-refractivity contribution in [2.75, 3.05) is 18.9 Å². The van der Waals surface area contributed by atoms with Crippen LogP contribution in [0, 0.1) is 17.0 Å². The lowest BCUT2D eigenvalue weighted by atomic mass is 10.1. The van der Waals surface area contributed by atoms with Gasteiger partial charge in [0.15, 0.2) is 0 Å². The molecule has 2 N–H and O–H groups in total. The van der Waals surface area contributed by atoms with E-state index in [9.17, 15) is 10.1 Å². The summed E-state index contributed by atoms with van der Waals surface area (Å²) in [6.45, 7) is 2.90. The third kappa shape index (κ3) is 1.73. The summed E-state index contributed by atoms with van der Waals surface area (Å²) in [5.74, 6) is 0.148. The fourth-order valence-corrected chi connectivity index (χ4v) is 1.99. The average molecular weight is 226 g/mol. The molecule has 7 heteroatoms. The molecule has 1 aliphatic rings. The Kier molecular flexibility index (Phi) is 2.78. The maximum atomic E-state index is 10.8. The van der Waals surface area contributed by atoms with Crippen molar-refractivity contribution in [1.82, 2.24) is 9.78 Å². The lowest BCUT2D eigenvalue weighted by Gasteiger charge is -2.22. The molecule has 2 rings (SSSR count). The van der Waals surface area contributed by atoms with E-state index >= 15 is 0 Å². The lowest BCUT2D eigenvalue weighted by molar-refractivity contribution is -0.384. The Morgan fingerprint density at radius 2 is 2.19 bits per heavy atom. The molecule has 0 bridgehead atoms. The van der Waals surface area contributed by atoms with Crippen molar-refractivity contribution in [3.05, 3.63) is 15.8 Å². The first-order valence-electron chi connectivity index (χ1n) is 5.18. The van der Waals surface area contributed by atoms with Crippen LogP contribution in [-0.2, 0) is 4.74 Å². The molecule has 0 unspecified atom stereocenters. The highest BCUT2D eigenvalue weighted by Gasteiger charge is 2.27. The highest BCUT2D eigenvalue weighted by atomic mass is 16.6. The largest absolute Gasteiger partial charge is 0.381 e. The van der Waals surface area contributed by atoms with Gasteiger partial charge in [-0.25, -0.2) is 4.68 Å². The SMILES string of the molecule is Cc1nn(C2CCOCC2)c(N)c1[N+](=O)[O-]. The molecule has 0 atom stereocenters. The Labute approximate surface area is 92.3 Å². The van der Waals surface area contributed by atoms with Crippen LogP contribution in [0.15, 0.2) is 0 Å². The van der Waals surface area contributed by atoms with Crippen LogP contribution in [0.4, 0.5) is 11.5 Å². The monoisotopic (exact) mass is 226 g/mol. The van der Waals surface area contributed by atoms with E-state index in [1.54, 1.807) is 11.6 Å². The van der Waals surface area contributed by atoms with Crippen molar-refractivity contribution in [2.45, 2.75) is 25.8 Å². The number of nitrogens with two attached hydrogens (primary N) is 1. The molecule has 0 radical (unpaired) electrons. The first-order valence-corrected chi connectivity index (χ1v) is 5.18. The van der Waals surface area contributed by atoms with Crippen LogP contribution in [0.1, 0.15) is 24.6 Å². The molecule has 1 aromatic heterocycles. The first-order chi connectivity index (χ1) is 7.61. The number of aryl methyl sites for hydroxylation is 1. The fourth-order valence-electron chi connectivity index (χ4n) is 1.99. The summed E-state index contributed by atoms with van der Waals surface area (Å²) < 4.78 is 6.80. The van der Waals surface area contributed by atoms with E-state index in [0.29, 0.717) is 18.9 Å². The number of nitrogen functional groups attached to an aromatic ring is 1. The summed E-state index contributed by atoms with van der Waals surface area (Å²) in [6, 6.07) is 0.112. The van der Waals surface area contributed by atoms with E-state index in [1.807, 2.05) is 0 Å². The van der Waals surface area contributed by atoms with Gasteiger partial charge in [0, 0.05) is 13.2 Å². The van der Waals surface area contributed by atoms with Gasteiger partial charge < -0.3 is 10.5 Å². The smallest absolute Gasteiger partial charge is 0.333 e. The quantitative estimate of drug-likeness (QED) is 0.600. The van der Waals surface area contributed by atoms with Gasteiger partial charge in [0.05, 0.1) is 11.0 Å². The van der Waals surface area contributed by atoms with Crippen molar-refractivity contribution in [1.29, 1.82) is 0 Å². The number of anilines is 1. The molecule has 0 aliphatic carbocycles. The molecule has 1 saturated heterocycles. The summed E-state index contributed by atoms with van der Waals surface area (Å²) in [7, 11) is 0. The van der Waals surface area contributed by atoms with Crippen molar-refractivity contribution < 1.29 is 9.66 Å². The highest BCUT2D eigenvalue weighted by Crippen LogP contribution is 2.31. The number of aromatic nitrogens is 2. The van der Waals surface area contributed by atoms with Crippen LogP contribution in [0.5, 0.6) is 0 Å². The number of nitro groups is 1. The molecular weight excluding hydrogens is 212 g/mol. The van der Waals surface area contributed by atoms with Gasteiger partial charge in [-0.15, -0.1) is 0 Å². The standard InChI is InChI=1S/C9H14N4O3/c1-6-8(13(14)15)9(10)12(11-6)7-2-4-16-5-3-7/h7H,2-5,10H2,1H3. The Morgan fingerprint density at radius 3 is 2.69 bits per heavy atom. The van der Waals surface area contributed by atoms with E-state index < -0.39 is 4.92 Å². The molecule has 1 aromatic rings. The fraction of sp³-hybridized carbons (Fsp3) is 0.667. The highest BCUT2D eigenvalue weighted by molar-refractivity contribution is 5.56. The molecule has 16 heavy (non-hydrogen) atoms. The second-order valence-corrected chi connectivity index (χ2v) is 3.86. The van der Waals surface area contributed by atoms with E-state index in [-0.39, 0.29) is 17.5 Å². The molecule has 88 valence electrons. The number of hydrogen-bond donors (Lipinski definition) is 1. The second kappa shape index (κ2) is 4.09. The van der Waals surface area contributed by atoms with Crippen LogP contribution in [-0.4, -0.2) is 27.9 Å². The first kappa shape index (κ1) is 10.9. The Balaban J connectivity index is 2.34. The van der Waals surface area contributed by atoms with E-state index in [0.717, 1.165) is 12.8 Å². The minimum Gasteiger partial charge on any atom is -0.381 e. The van der Waals surface area contributed by atoms with Crippen LogP contribution in [0.25, 0.3) is 0 Å². The van der Waals surface area contributed by atoms with E-state index in [2.05, 4.69) is 5.10 Å². The van der Waals surface area contributed by atoms with Gasteiger partial charge in [-0.3, -0.25) is 10.1 Å². The second-order valence-electron chi connectivity index (χ2n) is 3.86. The molecule has 2 heterocycles. The Bertz CT molecular complexity index is 409. The molecule has 1 fully saturated rings. The predicted octanol–water partition coefficient (Wildman–Crippen LogP) is 1.03. The Morgan fingerprint density at radius 1 is 1.56 bits per heavy atom. The Hall–Kier alpha value is -1.63. The maximum Gasteiger partial charge on any atom is 0.333 e. The average Bonchev–Trinajstić information content (AvgIpc) is 2.55. The summed E-state index contributed by atoms with van der Waals surface area (Å²) >= 11 is 0. The van der Waals surface area contributed by atoms with Gasteiger partial charge in [-0.2, -0.15) is 5.10 Å². The molecule has 0 saturated carbocycles. The van der Waals surface area contributed by atoms with E-state index in [1.165, 1.54) is 0 Å². The molecule has 1 aliphatic heterocycles. The molecular formula is C9H14N4O3. The zero-order valence-electron chi connectivity index (χ0n) is 9.05. The summed E-state index contributed by atoms with van der Waals surface area (Å²) in [4.78, 5) is 10.3. The minimum absolute atomic E-state index is 0.0773. The summed E-state index contributed by atoms with van der Waals surface area (Å²) in [5.41, 5.74) is 6.05. The zero-order chi connectivity index (χ0) is 11.7. The van der Waals surface area contributed by atoms with Gasteiger partial charge in [0.2, 0.25) is 5.82 Å². The molecule has 0 spiro atoms. The summed E-state index contributed by atoms with van der Waals surface area (Å²) in [5, 5.41) is 14.9. The zero-order valence-corrected chi connectivity index (χ0v) is 9.05. The van der Waals surface area contributed by atoms with Crippen molar-refractivity contribution in [3.8, 4) is 0 Å². The van der Waals surface area contributed by atoms with Crippen molar-refractivity contribution >= 4 is 11.5 Å². The van der Waals surface area contributed by atoms with Crippen LogP contribution >= 0.6 is 0 Å². The van der Waals surface area contributed by atoms with Crippen molar-refractivity contribution in [2.24, 2.45) is 0 Å². The summed E-state index contributed by atoms with van der Waals surface area (Å²) in [6.07, 6.45) is 1.59. The number of rotatable bonds is 2. The normalized spacial score (nSPS) is 17.6. The van der Waals surface area contributed by atoms with Crippen LogP contribution in [0.3, 0.4) is 0 Å². The van der Waals surface area contributed by atoms with Gasteiger partial charge in [-0.05, 0) is 19.8 Å². The number of ether oxygens (including phenoxy) is 1. The third-order valence-electron chi connectivity index (χ3n) is 2.81. The van der Waals surface area contributed by atoms with Gasteiger partial charge in [0.25, 0.3) is 0 Å². The molecule has 0 amide bonds. The van der Waals surface area contributed by atoms with Crippen LogP contribution in [0.2, 0.25) is 0 Å². The molecule has 0 aromatic carbocycles.